The minimum atomic E-state index is -0.443. The molecular weight excluding hydrogens is 442 g/mol. The van der Waals surface area contributed by atoms with Gasteiger partial charge in [0.25, 0.3) is 0 Å². The van der Waals surface area contributed by atoms with Crippen LogP contribution >= 0.6 is 31.9 Å². The number of ether oxygens (including phenoxy) is 1. The van der Waals surface area contributed by atoms with Crippen LogP contribution in [0.1, 0.15) is 38.5 Å². The Morgan fingerprint density at radius 3 is 2.08 bits per heavy atom. The summed E-state index contributed by atoms with van der Waals surface area (Å²) in [7, 11) is 0. The van der Waals surface area contributed by atoms with E-state index in [-0.39, 0.29) is 57.8 Å². The summed E-state index contributed by atoms with van der Waals surface area (Å²) in [6, 6.07) is 0. The molecule has 6 atom stereocenters. The number of nitrogens with zero attached hydrogens (tertiary/aromatic N) is 1. The van der Waals surface area contributed by atoms with Gasteiger partial charge in [-0.15, -0.1) is 0 Å². The predicted molar refractivity (Wildman–Crippen MR) is 93.7 cm³/mol. The normalized spacial score (nSPS) is 41.8. The molecule has 2 bridgehead atoms. The van der Waals surface area contributed by atoms with Gasteiger partial charge in [0.05, 0.1) is 11.8 Å². The Morgan fingerprint density at radius 2 is 1.54 bits per heavy atom. The number of carbonyl (C=O) groups is 3. The molecule has 1 saturated heterocycles. The van der Waals surface area contributed by atoms with Crippen molar-refractivity contribution in [3.63, 3.8) is 0 Å². The summed E-state index contributed by atoms with van der Waals surface area (Å²) in [6.07, 6.45) is 5.97. The highest BCUT2D eigenvalue weighted by atomic mass is 79.9. The highest BCUT2D eigenvalue weighted by Gasteiger charge is 2.66. The van der Waals surface area contributed by atoms with Crippen molar-refractivity contribution in [2.45, 2.75) is 54.3 Å². The van der Waals surface area contributed by atoms with Gasteiger partial charge >= 0.3 is 5.97 Å². The number of fused-ring (bicyclic) bond motifs is 5. The van der Waals surface area contributed by atoms with Gasteiger partial charge in [0.1, 0.15) is 12.6 Å². The van der Waals surface area contributed by atoms with E-state index in [9.17, 15) is 14.4 Å². The zero-order valence-corrected chi connectivity index (χ0v) is 16.5. The van der Waals surface area contributed by atoms with Crippen molar-refractivity contribution < 1.29 is 19.1 Å². The van der Waals surface area contributed by atoms with E-state index in [4.69, 9.17) is 4.74 Å². The van der Waals surface area contributed by atoms with Crippen molar-refractivity contribution in [1.29, 1.82) is 0 Å². The highest BCUT2D eigenvalue weighted by molar-refractivity contribution is 9.12. The molecule has 4 aliphatic rings. The number of likely N-dealkylation sites (tertiary alicyclic amines) is 1. The van der Waals surface area contributed by atoms with Crippen LogP contribution < -0.4 is 0 Å². The van der Waals surface area contributed by atoms with Crippen LogP contribution in [0.15, 0.2) is 0 Å². The number of esters is 1. The largest absolute Gasteiger partial charge is 0.461 e. The number of alkyl halides is 2. The predicted octanol–water partition coefficient (Wildman–Crippen LogP) is 2.64. The van der Waals surface area contributed by atoms with Crippen LogP contribution in [0.3, 0.4) is 0 Å². The van der Waals surface area contributed by atoms with Gasteiger partial charge in [-0.1, -0.05) is 38.3 Å². The summed E-state index contributed by atoms with van der Waals surface area (Å²) in [5.41, 5.74) is 0. The van der Waals surface area contributed by atoms with E-state index in [1.54, 1.807) is 0 Å². The Kier molecular flexibility index (Phi) is 4.52. The molecular formula is C17H21Br2NO4. The summed E-state index contributed by atoms with van der Waals surface area (Å²) in [4.78, 5) is 39.2. The summed E-state index contributed by atoms with van der Waals surface area (Å²) in [5.74, 6) is -0.961. The van der Waals surface area contributed by atoms with Gasteiger partial charge in [0, 0.05) is 9.65 Å². The fourth-order valence-electron chi connectivity index (χ4n) is 5.10. The van der Waals surface area contributed by atoms with Crippen molar-refractivity contribution in [2.24, 2.45) is 23.7 Å². The molecule has 0 unspecified atom stereocenters. The van der Waals surface area contributed by atoms with Gasteiger partial charge in [-0.3, -0.25) is 19.3 Å². The first kappa shape index (κ1) is 17.0. The maximum atomic E-state index is 12.7. The van der Waals surface area contributed by atoms with Crippen molar-refractivity contribution in [3.05, 3.63) is 0 Å². The lowest BCUT2D eigenvalue weighted by molar-refractivity contribution is -0.158. The van der Waals surface area contributed by atoms with E-state index in [1.165, 1.54) is 6.42 Å². The second-order valence-electron chi connectivity index (χ2n) is 7.52. The molecule has 4 fully saturated rings. The first-order valence-electron chi connectivity index (χ1n) is 8.82. The molecule has 0 N–H and O–H groups in total. The summed E-state index contributed by atoms with van der Waals surface area (Å²) < 4.78 is 5.48. The zero-order valence-electron chi connectivity index (χ0n) is 13.3. The van der Waals surface area contributed by atoms with Crippen molar-refractivity contribution >= 4 is 49.6 Å². The van der Waals surface area contributed by atoms with Gasteiger partial charge < -0.3 is 4.74 Å². The molecule has 7 heteroatoms. The van der Waals surface area contributed by atoms with Crippen molar-refractivity contribution in [3.8, 4) is 0 Å². The molecule has 0 aromatic carbocycles. The van der Waals surface area contributed by atoms with Crippen LogP contribution in [0.5, 0.6) is 0 Å². The SMILES string of the molecule is O=C(CN1C(=O)[C@@H]2[C@@H]3C[C@H]([C@H](Br)[C@@H]3Br)[C@@H]2C1=O)OC1CCCCC1. The minimum absolute atomic E-state index is 0.0476. The fourth-order valence-corrected chi connectivity index (χ4v) is 6.98. The molecule has 3 saturated carbocycles. The first-order chi connectivity index (χ1) is 11.5. The van der Waals surface area contributed by atoms with Crippen LogP contribution in [-0.4, -0.2) is 45.0 Å². The molecule has 4 rings (SSSR count). The highest BCUT2D eigenvalue weighted by Crippen LogP contribution is 2.60. The lowest BCUT2D eigenvalue weighted by atomic mass is 9.81. The third-order valence-corrected chi connectivity index (χ3v) is 9.42. The van der Waals surface area contributed by atoms with Gasteiger partial charge in [-0.05, 0) is 43.9 Å². The molecule has 0 aromatic rings. The summed E-state index contributed by atoms with van der Waals surface area (Å²) in [6.45, 7) is -0.222. The molecule has 5 nitrogen and oxygen atoms in total. The Bertz CT molecular complexity index is 545. The monoisotopic (exact) mass is 461 g/mol. The molecule has 1 aliphatic heterocycles. The average molecular weight is 463 g/mol. The summed E-state index contributed by atoms with van der Waals surface area (Å²) in [5, 5.41) is 0. The average Bonchev–Trinajstić information content (AvgIpc) is 3.16. The van der Waals surface area contributed by atoms with Crippen LogP contribution in [0.2, 0.25) is 0 Å². The minimum Gasteiger partial charge on any atom is -0.461 e. The summed E-state index contributed by atoms with van der Waals surface area (Å²) >= 11 is 7.32. The van der Waals surface area contributed by atoms with Crippen molar-refractivity contribution in [2.75, 3.05) is 6.54 Å². The molecule has 1 heterocycles. The number of hydrogen-bond donors (Lipinski definition) is 0. The van der Waals surface area contributed by atoms with E-state index in [2.05, 4.69) is 31.9 Å². The quantitative estimate of drug-likeness (QED) is 0.367. The first-order valence-corrected chi connectivity index (χ1v) is 10.6. The van der Waals surface area contributed by atoms with Gasteiger partial charge in [-0.2, -0.15) is 0 Å². The maximum absolute atomic E-state index is 12.7. The number of amides is 2. The number of hydrogen-bond acceptors (Lipinski definition) is 4. The van der Waals surface area contributed by atoms with Crippen LogP contribution in [0.4, 0.5) is 0 Å². The van der Waals surface area contributed by atoms with Gasteiger partial charge in [0.15, 0.2) is 0 Å². The molecule has 3 aliphatic carbocycles. The van der Waals surface area contributed by atoms with E-state index < -0.39 is 5.97 Å². The van der Waals surface area contributed by atoms with E-state index >= 15 is 0 Å². The lowest BCUT2D eigenvalue weighted by Gasteiger charge is -2.28. The second-order valence-corrected chi connectivity index (χ2v) is 9.63. The second kappa shape index (κ2) is 6.38. The molecule has 0 radical (unpaired) electrons. The van der Waals surface area contributed by atoms with E-state index in [0.717, 1.165) is 37.0 Å². The molecule has 2 amide bonds. The van der Waals surface area contributed by atoms with E-state index in [1.807, 2.05) is 0 Å². The van der Waals surface area contributed by atoms with E-state index in [0.29, 0.717) is 0 Å². The van der Waals surface area contributed by atoms with Crippen LogP contribution in [0, 0.1) is 23.7 Å². The zero-order chi connectivity index (χ0) is 17.0. The third kappa shape index (κ3) is 2.57. The molecule has 132 valence electrons. The Morgan fingerprint density at radius 1 is 1.00 bits per heavy atom. The topological polar surface area (TPSA) is 63.7 Å². The molecule has 0 spiro atoms. The number of carbonyl (C=O) groups excluding carboxylic acids is 3. The Labute approximate surface area is 158 Å². The standard InChI is InChI=1S/C17H21Br2NO4/c18-14-9-6-10(15(14)19)13-12(9)16(22)20(17(13)23)7-11(21)24-8-4-2-1-3-5-8/h8-10,12-15H,1-7H2/t9-,10-,12-,13+,14-,15+/m0/s1. The Hall–Kier alpha value is -0.430. The smallest absolute Gasteiger partial charge is 0.326 e. The molecule has 24 heavy (non-hydrogen) atoms. The molecule has 0 aromatic heterocycles. The Balaban J connectivity index is 1.43. The number of imide groups is 1. The number of halogens is 2. The van der Waals surface area contributed by atoms with Crippen LogP contribution in [-0.2, 0) is 19.1 Å². The van der Waals surface area contributed by atoms with Gasteiger partial charge in [-0.25, -0.2) is 0 Å². The van der Waals surface area contributed by atoms with Gasteiger partial charge in [0.2, 0.25) is 11.8 Å². The van der Waals surface area contributed by atoms with Crippen LogP contribution in [0.25, 0.3) is 0 Å². The fraction of sp³-hybridized carbons (Fsp3) is 0.824. The lowest BCUT2D eigenvalue weighted by Crippen LogP contribution is -2.39. The third-order valence-electron chi connectivity index (χ3n) is 6.22. The maximum Gasteiger partial charge on any atom is 0.326 e. The van der Waals surface area contributed by atoms with Crippen molar-refractivity contribution in [1.82, 2.24) is 4.90 Å². The number of rotatable bonds is 3.